The molecular formula is C27H31FN6. The van der Waals surface area contributed by atoms with Crippen molar-refractivity contribution in [3.63, 3.8) is 0 Å². The lowest BCUT2D eigenvalue weighted by Crippen LogP contribution is -2.54. The molecule has 0 saturated heterocycles. The number of nitrogens with zero attached hydrogens (tertiary/aromatic N) is 5. The Balaban J connectivity index is 1.84. The van der Waals surface area contributed by atoms with Crippen LogP contribution in [0.15, 0.2) is 82.5 Å². The number of hydrazone groups is 2. The summed E-state index contributed by atoms with van der Waals surface area (Å²) in [6, 6.07) is 14.7. The maximum absolute atomic E-state index is 14.9. The lowest BCUT2D eigenvalue weighted by Gasteiger charge is -2.42. The van der Waals surface area contributed by atoms with E-state index in [4.69, 9.17) is 4.99 Å². The molecule has 2 aromatic carbocycles. The molecule has 7 heteroatoms. The third kappa shape index (κ3) is 4.64. The van der Waals surface area contributed by atoms with E-state index in [0.29, 0.717) is 28.7 Å². The topological polar surface area (TPSA) is 55.6 Å². The van der Waals surface area contributed by atoms with Crippen LogP contribution in [0, 0.1) is 11.7 Å². The van der Waals surface area contributed by atoms with E-state index >= 15 is 0 Å². The molecule has 34 heavy (non-hydrogen) atoms. The van der Waals surface area contributed by atoms with Crippen molar-refractivity contribution in [1.82, 2.24) is 10.4 Å². The molecule has 1 aliphatic heterocycles. The molecule has 0 spiro atoms. The first-order chi connectivity index (χ1) is 16.4. The summed E-state index contributed by atoms with van der Waals surface area (Å²) in [7, 11) is 1.78. The number of hydrogen-bond acceptors (Lipinski definition) is 5. The Morgan fingerprint density at radius 1 is 1.24 bits per heavy atom. The first kappa shape index (κ1) is 23.4. The van der Waals surface area contributed by atoms with Crippen LogP contribution in [0.1, 0.15) is 38.7 Å². The predicted octanol–water partition coefficient (Wildman–Crippen LogP) is 5.93. The molecule has 1 aliphatic carbocycles. The van der Waals surface area contributed by atoms with Gasteiger partial charge >= 0.3 is 0 Å². The van der Waals surface area contributed by atoms with Crippen LogP contribution in [0.25, 0.3) is 5.70 Å². The highest BCUT2D eigenvalue weighted by Crippen LogP contribution is 2.41. The van der Waals surface area contributed by atoms with Crippen molar-refractivity contribution in [3.05, 3.63) is 78.6 Å². The van der Waals surface area contributed by atoms with Gasteiger partial charge in [0, 0.05) is 18.9 Å². The fourth-order valence-corrected chi connectivity index (χ4v) is 4.28. The molecule has 1 unspecified atom stereocenters. The number of benzene rings is 2. The summed E-state index contributed by atoms with van der Waals surface area (Å²) in [5.74, 6) is 1.42. The summed E-state index contributed by atoms with van der Waals surface area (Å²) in [5.41, 5.74) is 3.24. The van der Waals surface area contributed by atoms with Gasteiger partial charge in [0.2, 0.25) is 0 Å². The van der Waals surface area contributed by atoms with Gasteiger partial charge in [0.25, 0.3) is 0 Å². The normalized spacial score (nSPS) is 17.2. The SMILES string of the molecule is C=C(C)/C(=N\N(C)/N=C\C)NC(C1=Nc2cccc(F)c2C(=C)N1c1ccccc1)C1CCC1. The number of amidine groups is 2. The quantitative estimate of drug-likeness (QED) is 0.318. The third-order valence-corrected chi connectivity index (χ3v) is 6.15. The van der Waals surface area contributed by atoms with Crippen LogP contribution in [0.5, 0.6) is 0 Å². The zero-order valence-electron chi connectivity index (χ0n) is 20.0. The second-order valence-electron chi connectivity index (χ2n) is 8.63. The Bertz CT molecular complexity index is 1160. The maximum atomic E-state index is 14.9. The molecule has 0 amide bonds. The number of fused-ring (bicyclic) bond motifs is 1. The summed E-state index contributed by atoms with van der Waals surface area (Å²) in [4.78, 5) is 6.96. The minimum absolute atomic E-state index is 0.170. The van der Waals surface area contributed by atoms with Crippen molar-refractivity contribution in [2.45, 2.75) is 39.2 Å². The summed E-state index contributed by atoms with van der Waals surface area (Å²) in [6.45, 7) is 12.2. The molecule has 0 bridgehead atoms. The van der Waals surface area contributed by atoms with E-state index in [-0.39, 0.29) is 11.9 Å². The largest absolute Gasteiger partial charge is 0.358 e. The smallest absolute Gasteiger partial charge is 0.151 e. The lowest BCUT2D eigenvalue weighted by atomic mass is 9.78. The van der Waals surface area contributed by atoms with E-state index in [9.17, 15) is 4.39 Å². The van der Waals surface area contributed by atoms with Gasteiger partial charge in [-0.05, 0) is 62.4 Å². The fraction of sp³-hybridized carbons (Fsp3) is 0.296. The zero-order valence-corrected chi connectivity index (χ0v) is 20.0. The van der Waals surface area contributed by atoms with E-state index in [1.54, 1.807) is 19.3 Å². The highest BCUT2D eigenvalue weighted by molar-refractivity contribution is 6.16. The van der Waals surface area contributed by atoms with Gasteiger partial charge in [0.15, 0.2) is 5.84 Å². The van der Waals surface area contributed by atoms with Crippen LogP contribution in [0.4, 0.5) is 15.8 Å². The number of aliphatic imine (C=N–C) groups is 1. The minimum atomic E-state index is -0.331. The van der Waals surface area contributed by atoms with Crippen LogP contribution in [0.3, 0.4) is 0 Å². The fourth-order valence-electron chi connectivity index (χ4n) is 4.28. The van der Waals surface area contributed by atoms with Crippen LogP contribution in [-0.2, 0) is 0 Å². The first-order valence-electron chi connectivity index (χ1n) is 11.6. The Morgan fingerprint density at radius 3 is 2.59 bits per heavy atom. The zero-order chi connectivity index (χ0) is 24.2. The van der Waals surface area contributed by atoms with Crippen LogP contribution >= 0.6 is 0 Å². The third-order valence-electron chi connectivity index (χ3n) is 6.15. The van der Waals surface area contributed by atoms with E-state index < -0.39 is 0 Å². The molecule has 0 radical (unpaired) electrons. The van der Waals surface area contributed by atoms with Crippen molar-refractivity contribution in [1.29, 1.82) is 0 Å². The summed E-state index contributed by atoms with van der Waals surface area (Å²) in [5, 5.41) is 13.9. The average Bonchev–Trinajstić information content (AvgIpc) is 2.77. The highest BCUT2D eigenvalue weighted by Gasteiger charge is 2.38. The van der Waals surface area contributed by atoms with Gasteiger partial charge in [-0.25, -0.2) is 9.38 Å². The maximum Gasteiger partial charge on any atom is 0.151 e. The molecule has 1 N–H and O–H groups in total. The van der Waals surface area contributed by atoms with Gasteiger partial charge < -0.3 is 5.32 Å². The molecule has 2 aromatic rings. The number of rotatable bonds is 7. The molecular weight excluding hydrogens is 427 g/mol. The molecule has 4 rings (SSSR count). The minimum Gasteiger partial charge on any atom is -0.358 e. The van der Waals surface area contributed by atoms with Crippen molar-refractivity contribution < 1.29 is 4.39 Å². The Kier molecular flexibility index (Phi) is 6.91. The van der Waals surface area contributed by atoms with Crippen molar-refractivity contribution >= 4 is 35.0 Å². The van der Waals surface area contributed by atoms with E-state index in [1.165, 1.54) is 11.2 Å². The van der Waals surface area contributed by atoms with Gasteiger partial charge in [0.05, 0.1) is 23.0 Å². The second-order valence-corrected chi connectivity index (χ2v) is 8.63. The summed E-state index contributed by atoms with van der Waals surface area (Å²) in [6.07, 6.45) is 4.97. The predicted molar refractivity (Wildman–Crippen MR) is 140 cm³/mol. The van der Waals surface area contributed by atoms with Gasteiger partial charge in [-0.15, -0.1) is 5.10 Å². The van der Waals surface area contributed by atoms with Crippen LogP contribution in [-0.4, -0.2) is 36.1 Å². The molecule has 2 aliphatic rings. The van der Waals surface area contributed by atoms with Gasteiger partial charge in [-0.3, -0.25) is 4.90 Å². The van der Waals surface area contributed by atoms with Crippen LogP contribution < -0.4 is 10.2 Å². The average molecular weight is 459 g/mol. The number of hydrogen-bond donors (Lipinski definition) is 1. The molecule has 0 aromatic heterocycles. The lowest BCUT2D eigenvalue weighted by molar-refractivity contribution is 0.283. The monoisotopic (exact) mass is 458 g/mol. The Labute approximate surface area is 200 Å². The first-order valence-corrected chi connectivity index (χ1v) is 11.6. The van der Waals surface area contributed by atoms with Crippen LogP contribution in [0.2, 0.25) is 0 Å². The Morgan fingerprint density at radius 2 is 1.97 bits per heavy atom. The van der Waals surface area contributed by atoms with E-state index in [2.05, 4.69) is 28.7 Å². The molecule has 6 nitrogen and oxygen atoms in total. The standard InChI is InChI=1S/C27H31FN6/c1-6-29-33(5)32-26(18(2)3)31-25(20-12-10-13-20)27-30-23-17-11-16-22(28)24(23)19(4)34(27)21-14-8-7-9-15-21/h6-9,11,14-17,20,25H,2,4,10,12-13H2,1,3,5H3,(H,31,32)/b29-6-. The van der Waals surface area contributed by atoms with Crippen molar-refractivity contribution in [2.24, 2.45) is 21.1 Å². The second kappa shape index (κ2) is 10.0. The van der Waals surface area contributed by atoms with Crippen molar-refractivity contribution in [2.75, 3.05) is 11.9 Å². The molecule has 1 atom stereocenters. The molecule has 1 fully saturated rings. The number of para-hydroxylation sites is 1. The number of nitrogens with one attached hydrogen (secondary N) is 1. The Hall–Kier alpha value is -3.74. The van der Waals surface area contributed by atoms with Gasteiger partial charge in [-0.1, -0.05) is 43.8 Å². The number of anilines is 1. The summed E-state index contributed by atoms with van der Waals surface area (Å²) >= 11 is 0. The number of halogens is 1. The molecule has 1 heterocycles. The molecule has 176 valence electrons. The van der Waals surface area contributed by atoms with Gasteiger partial charge in [0.1, 0.15) is 11.7 Å². The molecule has 1 saturated carbocycles. The van der Waals surface area contributed by atoms with E-state index in [1.807, 2.05) is 55.1 Å². The van der Waals surface area contributed by atoms with Crippen molar-refractivity contribution in [3.8, 4) is 0 Å². The highest BCUT2D eigenvalue weighted by atomic mass is 19.1. The summed E-state index contributed by atoms with van der Waals surface area (Å²) < 4.78 is 14.9. The van der Waals surface area contributed by atoms with E-state index in [0.717, 1.165) is 36.4 Å². The van der Waals surface area contributed by atoms with Gasteiger partial charge in [-0.2, -0.15) is 10.2 Å².